The molecule has 1 rings (SSSR count). The van der Waals surface area contributed by atoms with E-state index in [1.165, 1.54) is 0 Å². The van der Waals surface area contributed by atoms with Gasteiger partial charge in [-0.05, 0) is 24.1 Å². The van der Waals surface area contributed by atoms with E-state index < -0.39 is 5.75 Å². The van der Waals surface area contributed by atoms with Crippen LogP contribution in [-0.4, -0.2) is 23.1 Å². The van der Waals surface area contributed by atoms with E-state index >= 15 is 0 Å². The van der Waals surface area contributed by atoms with Gasteiger partial charge in [0.25, 0.3) is 0 Å². The lowest BCUT2D eigenvalue weighted by atomic mass is 10.0. The van der Waals surface area contributed by atoms with Crippen molar-refractivity contribution >= 4 is 22.2 Å². The van der Waals surface area contributed by atoms with Crippen molar-refractivity contribution in [1.82, 2.24) is 0 Å². The molecule has 0 heterocycles. The van der Waals surface area contributed by atoms with Gasteiger partial charge in [-0.1, -0.05) is 22.5 Å². The Hall–Kier alpha value is -1.33. The maximum Gasteiger partial charge on any atom is 0.168 e. The van der Waals surface area contributed by atoms with Crippen molar-refractivity contribution in [2.75, 3.05) is 6.61 Å². The van der Waals surface area contributed by atoms with Crippen LogP contribution in [0.5, 0.6) is 11.5 Å². The minimum atomic E-state index is -0.406. The molecule has 4 nitrogen and oxygen atoms in total. The molecule has 2 N–H and O–H groups in total. The molecule has 0 saturated carbocycles. The molecule has 0 spiro atoms. The number of hydrogen-bond acceptors (Lipinski definition) is 4. The first-order valence-corrected chi connectivity index (χ1v) is 5.67. The molecule has 0 fully saturated rings. The molecule has 1 aromatic rings. The standard InChI is InChI=1S/C12H13BrO4/c1-7-3-9(6-17-5-8(2)13)10(4-14)12(16)11(7)15/h3-4,15-16H,2,5-6H2,1H3. The quantitative estimate of drug-likeness (QED) is 0.648. The first-order valence-electron chi connectivity index (χ1n) is 4.88. The van der Waals surface area contributed by atoms with Crippen LogP contribution in [0.1, 0.15) is 21.5 Å². The maximum absolute atomic E-state index is 10.9. The van der Waals surface area contributed by atoms with Gasteiger partial charge in [0.15, 0.2) is 17.8 Å². The van der Waals surface area contributed by atoms with Gasteiger partial charge in [0.2, 0.25) is 0 Å². The normalized spacial score (nSPS) is 10.2. The largest absolute Gasteiger partial charge is 0.504 e. The molecule has 0 bridgehead atoms. The fraction of sp³-hybridized carbons (Fsp3) is 0.250. The summed E-state index contributed by atoms with van der Waals surface area (Å²) < 4.78 is 5.96. The summed E-state index contributed by atoms with van der Waals surface area (Å²) in [4.78, 5) is 10.9. The molecule has 0 unspecified atom stereocenters. The van der Waals surface area contributed by atoms with Crippen LogP contribution in [0.25, 0.3) is 0 Å². The lowest BCUT2D eigenvalue weighted by Gasteiger charge is -2.11. The Bertz CT molecular complexity index is 454. The van der Waals surface area contributed by atoms with Crippen LogP contribution in [0, 0.1) is 6.92 Å². The summed E-state index contributed by atoms with van der Waals surface area (Å²) in [7, 11) is 0. The third kappa shape index (κ3) is 3.31. The highest BCUT2D eigenvalue weighted by Crippen LogP contribution is 2.34. The maximum atomic E-state index is 10.9. The average Bonchev–Trinajstić information content (AvgIpc) is 2.26. The molecule has 0 atom stereocenters. The fourth-order valence-corrected chi connectivity index (χ4v) is 1.56. The molecule has 0 aliphatic rings. The van der Waals surface area contributed by atoms with Crippen LogP contribution in [0.2, 0.25) is 0 Å². The van der Waals surface area contributed by atoms with E-state index in [0.717, 1.165) is 0 Å². The summed E-state index contributed by atoms with van der Waals surface area (Å²) in [5.41, 5.74) is 1.07. The second kappa shape index (κ2) is 5.84. The molecule has 0 aliphatic heterocycles. The van der Waals surface area contributed by atoms with Crippen LogP contribution >= 0.6 is 15.9 Å². The van der Waals surface area contributed by atoms with E-state index in [1.54, 1.807) is 13.0 Å². The lowest BCUT2D eigenvalue weighted by Crippen LogP contribution is -2.00. The van der Waals surface area contributed by atoms with Crippen LogP contribution in [0.3, 0.4) is 0 Å². The van der Waals surface area contributed by atoms with Crippen LogP contribution < -0.4 is 0 Å². The fourth-order valence-electron chi connectivity index (χ4n) is 1.40. The van der Waals surface area contributed by atoms with Crippen molar-refractivity contribution in [2.24, 2.45) is 0 Å². The molecule has 17 heavy (non-hydrogen) atoms. The van der Waals surface area contributed by atoms with Crippen LogP contribution in [0.15, 0.2) is 17.1 Å². The van der Waals surface area contributed by atoms with E-state index in [1.807, 2.05) is 0 Å². The van der Waals surface area contributed by atoms with Crippen molar-refractivity contribution in [1.29, 1.82) is 0 Å². The molecule has 0 aromatic heterocycles. The summed E-state index contributed by atoms with van der Waals surface area (Å²) in [6.07, 6.45) is 0.496. The van der Waals surface area contributed by atoms with Gasteiger partial charge in [0.1, 0.15) is 0 Å². The number of benzene rings is 1. The van der Waals surface area contributed by atoms with E-state index in [2.05, 4.69) is 22.5 Å². The van der Waals surface area contributed by atoms with Gasteiger partial charge >= 0.3 is 0 Å². The van der Waals surface area contributed by atoms with E-state index in [9.17, 15) is 15.0 Å². The highest BCUT2D eigenvalue weighted by atomic mass is 79.9. The summed E-state index contributed by atoms with van der Waals surface area (Å²) in [6.45, 7) is 5.71. The first kappa shape index (κ1) is 13.7. The zero-order valence-corrected chi connectivity index (χ0v) is 11.0. The van der Waals surface area contributed by atoms with Crippen molar-refractivity contribution in [3.8, 4) is 11.5 Å². The topological polar surface area (TPSA) is 66.8 Å². The zero-order valence-electron chi connectivity index (χ0n) is 9.36. The Morgan fingerprint density at radius 3 is 2.71 bits per heavy atom. The minimum Gasteiger partial charge on any atom is -0.504 e. The Balaban J connectivity index is 2.98. The number of aromatic hydroxyl groups is 2. The number of hydrogen-bond donors (Lipinski definition) is 2. The van der Waals surface area contributed by atoms with E-state index in [0.29, 0.717) is 28.5 Å². The number of ether oxygens (including phenoxy) is 1. The van der Waals surface area contributed by atoms with Crippen LogP contribution in [-0.2, 0) is 11.3 Å². The van der Waals surface area contributed by atoms with Gasteiger partial charge in [-0.2, -0.15) is 0 Å². The zero-order chi connectivity index (χ0) is 13.0. The molecule has 5 heteroatoms. The number of aldehydes is 1. The Morgan fingerprint density at radius 2 is 2.18 bits per heavy atom. The number of rotatable bonds is 5. The molecule has 1 aromatic carbocycles. The SMILES string of the molecule is C=C(Br)COCc1cc(C)c(O)c(O)c1C=O. The summed E-state index contributed by atoms with van der Waals surface area (Å²) >= 11 is 3.15. The lowest BCUT2D eigenvalue weighted by molar-refractivity contribution is 0.111. The smallest absolute Gasteiger partial charge is 0.168 e. The van der Waals surface area contributed by atoms with Crippen molar-refractivity contribution < 1.29 is 19.7 Å². The Kier molecular flexibility index (Phi) is 4.72. The number of phenols is 2. The molecular formula is C12H13BrO4. The average molecular weight is 301 g/mol. The number of carbonyl (C=O) groups is 1. The Labute approximate surface area is 108 Å². The predicted octanol–water partition coefficient (Wildman–Crippen LogP) is 2.64. The second-order valence-electron chi connectivity index (χ2n) is 3.59. The van der Waals surface area contributed by atoms with Gasteiger partial charge < -0.3 is 14.9 Å². The van der Waals surface area contributed by atoms with E-state index in [4.69, 9.17) is 4.74 Å². The third-order valence-electron chi connectivity index (χ3n) is 2.22. The molecule has 0 amide bonds. The highest BCUT2D eigenvalue weighted by molar-refractivity contribution is 9.11. The molecule has 92 valence electrons. The molecule has 0 aliphatic carbocycles. The van der Waals surface area contributed by atoms with Gasteiger partial charge in [0.05, 0.1) is 18.8 Å². The number of aryl methyl sites for hydroxylation is 1. The minimum absolute atomic E-state index is 0.0493. The van der Waals surface area contributed by atoms with Crippen LogP contribution in [0.4, 0.5) is 0 Å². The van der Waals surface area contributed by atoms with Crippen molar-refractivity contribution in [3.63, 3.8) is 0 Å². The van der Waals surface area contributed by atoms with Crippen molar-refractivity contribution in [2.45, 2.75) is 13.5 Å². The molecule has 0 saturated heterocycles. The number of phenolic OH excluding ortho intramolecular Hbond substituents is 2. The molecular weight excluding hydrogens is 288 g/mol. The van der Waals surface area contributed by atoms with Gasteiger partial charge in [-0.25, -0.2) is 0 Å². The summed E-state index contributed by atoms with van der Waals surface area (Å²) in [5.74, 6) is -0.683. The Morgan fingerprint density at radius 1 is 1.53 bits per heavy atom. The summed E-state index contributed by atoms with van der Waals surface area (Å²) in [5, 5.41) is 19.1. The van der Waals surface area contributed by atoms with Gasteiger partial charge in [0, 0.05) is 4.48 Å². The number of halogens is 1. The van der Waals surface area contributed by atoms with E-state index in [-0.39, 0.29) is 17.9 Å². The second-order valence-corrected chi connectivity index (χ2v) is 4.71. The first-order chi connectivity index (χ1) is 7.97. The molecule has 0 radical (unpaired) electrons. The van der Waals surface area contributed by atoms with Gasteiger partial charge in [-0.15, -0.1) is 0 Å². The predicted molar refractivity (Wildman–Crippen MR) is 67.6 cm³/mol. The van der Waals surface area contributed by atoms with Gasteiger partial charge in [-0.3, -0.25) is 4.79 Å². The third-order valence-corrected chi connectivity index (χ3v) is 2.45. The highest BCUT2D eigenvalue weighted by Gasteiger charge is 2.14. The number of carbonyl (C=O) groups excluding carboxylic acids is 1. The monoisotopic (exact) mass is 300 g/mol. The summed E-state index contributed by atoms with van der Waals surface area (Å²) in [6, 6.07) is 1.61. The van der Waals surface area contributed by atoms with Crippen molar-refractivity contribution in [3.05, 3.63) is 33.8 Å².